The van der Waals surface area contributed by atoms with Gasteiger partial charge in [0.1, 0.15) is 0 Å². The number of halogens is 2. The first-order chi connectivity index (χ1) is 11.5. The molecule has 2 aliphatic heterocycles. The Morgan fingerprint density at radius 3 is 2.71 bits per heavy atom. The normalized spacial score (nSPS) is 21.0. The summed E-state index contributed by atoms with van der Waals surface area (Å²) >= 11 is 12.9. The topological polar surface area (TPSA) is 57.7 Å². The van der Waals surface area contributed by atoms with E-state index in [4.69, 9.17) is 23.2 Å². The largest absolute Gasteiger partial charge is 0.341 e. The predicted molar refractivity (Wildman–Crippen MR) is 94.5 cm³/mol. The van der Waals surface area contributed by atoms with Crippen LogP contribution in [-0.2, 0) is 16.0 Å². The van der Waals surface area contributed by atoms with Crippen molar-refractivity contribution in [1.82, 2.24) is 9.80 Å². The summed E-state index contributed by atoms with van der Waals surface area (Å²) in [5.74, 6) is 0.0797. The summed E-state index contributed by atoms with van der Waals surface area (Å²) in [5, 5.41) is 0.772. The van der Waals surface area contributed by atoms with Crippen molar-refractivity contribution in [3.05, 3.63) is 33.8 Å². The first kappa shape index (κ1) is 17.6. The van der Waals surface area contributed by atoms with Crippen LogP contribution in [0.25, 0.3) is 0 Å². The number of carbonyl (C=O) groups is 3. The molecule has 0 spiro atoms. The molecule has 128 valence electrons. The highest BCUT2D eigenvalue weighted by Gasteiger charge is 2.39. The molecule has 3 amide bonds. The molecule has 8 heteroatoms. The molecule has 1 atom stereocenters. The van der Waals surface area contributed by atoms with Crippen molar-refractivity contribution >= 4 is 52.0 Å². The molecule has 0 aromatic heterocycles. The van der Waals surface area contributed by atoms with E-state index < -0.39 is 0 Å². The second-order valence-corrected chi connectivity index (χ2v) is 7.59. The van der Waals surface area contributed by atoms with Gasteiger partial charge >= 0.3 is 0 Å². The second kappa shape index (κ2) is 7.33. The van der Waals surface area contributed by atoms with Crippen LogP contribution in [0.3, 0.4) is 0 Å². The number of thioether (sulfide) groups is 1. The second-order valence-electron chi connectivity index (χ2n) is 5.85. The molecule has 0 radical (unpaired) electrons. The summed E-state index contributed by atoms with van der Waals surface area (Å²) in [6.07, 6.45) is 1.59. The molecule has 1 aromatic carbocycles. The number of aryl methyl sites for hydroxylation is 1. The Labute approximate surface area is 154 Å². The lowest BCUT2D eigenvalue weighted by Gasteiger charge is -2.22. The summed E-state index contributed by atoms with van der Waals surface area (Å²) in [6, 6.07) is 5.15. The molecule has 0 saturated carbocycles. The number of hydrogen-bond acceptors (Lipinski definition) is 4. The van der Waals surface area contributed by atoms with Gasteiger partial charge < -0.3 is 4.90 Å². The average Bonchev–Trinajstić information content (AvgIpc) is 3.15. The van der Waals surface area contributed by atoms with Gasteiger partial charge in [-0.25, -0.2) is 0 Å². The van der Waals surface area contributed by atoms with Crippen LogP contribution in [0.15, 0.2) is 18.2 Å². The van der Waals surface area contributed by atoms with Crippen molar-refractivity contribution in [3.63, 3.8) is 0 Å². The molecule has 0 N–H and O–H groups in total. The van der Waals surface area contributed by atoms with Crippen LogP contribution in [0, 0.1) is 0 Å². The lowest BCUT2D eigenvalue weighted by molar-refractivity contribution is -0.131. The highest BCUT2D eigenvalue weighted by atomic mass is 35.5. The Hall–Kier alpha value is -1.24. The Kier molecular flexibility index (Phi) is 5.37. The molecule has 0 bridgehead atoms. The van der Waals surface area contributed by atoms with E-state index in [1.54, 1.807) is 17.0 Å². The van der Waals surface area contributed by atoms with Crippen molar-refractivity contribution in [1.29, 1.82) is 0 Å². The first-order valence-electron chi connectivity index (χ1n) is 7.66. The van der Waals surface area contributed by atoms with Crippen molar-refractivity contribution in [2.45, 2.75) is 25.3 Å². The molecule has 0 aliphatic carbocycles. The lowest BCUT2D eigenvalue weighted by Crippen LogP contribution is -2.41. The molecule has 2 fully saturated rings. The van der Waals surface area contributed by atoms with Gasteiger partial charge in [-0.3, -0.25) is 19.3 Å². The highest BCUT2D eigenvalue weighted by molar-refractivity contribution is 8.14. The predicted octanol–water partition coefficient (Wildman–Crippen LogP) is 3.22. The number of hydrogen-bond donors (Lipinski definition) is 0. The van der Waals surface area contributed by atoms with Crippen LogP contribution in [0.4, 0.5) is 4.79 Å². The molecular weight excluding hydrogens is 371 g/mol. The molecule has 2 heterocycles. The van der Waals surface area contributed by atoms with Gasteiger partial charge in [0, 0.05) is 19.5 Å². The van der Waals surface area contributed by atoms with E-state index >= 15 is 0 Å². The third kappa shape index (κ3) is 3.71. The van der Waals surface area contributed by atoms with Crippen LogP contribution in [0.5, 0.6) is 0 Å². The van der Waals surface area contributed by atoms with Crippen molar-refractivity contribution < 1.29 is 14.4 Å². The standard InChI is InChI=1S/C16H16Cl2N2O3S/c17-12-3-1-10(7-13(12)18)2-4-14(21)19-6-5-11(8-19)20-15(22)9-24-16(20)23/h1,3,7,11H,2,4-6,8-9H2. The van der Waals surface area contributed by atoms with E-state index in [1.807, 2.05) is 6.07 Å². The summed E-state index contributed by atoms with van der Waals surface area (Å²) in [5.41, 5.74) is 0.954. The van der Waals surface area contributed by atoms with Gasteiger partial charge in [-0.2, -0.15) is 0 Å². The summed E-state index contributed by atoms with van der Waals surface area (Å²) in [4.78, 5) is 38.9. The van der Waals surface area contributed by atoms with Crippen molar-refractivity contribution in [3.8, 4) is 0 Å². The maximum atomic E-state index is 12.4. The molecule has 5 nitrogen and oxygen atoms in total. The minimum Gasteiger partial charge on any atom is -0.341 e. The van der Waals surface area contributed by atoms with Crippen molar-refractivity contribution in [2.75, 3.05) is 18.8 Å². The third-order valence-electron chi connectivity index (χ3n) is 4.28. The van der Waals surface area contributed by atoms with Crippen LogP contribution in [0.1, 0.15) is 18.4 Å². The van der Waals surface area contributed by atoms with Crippen molar-refractivity contribution in [2.24, 2.45) is 0 Å². The minimum atomic E-state index is -0.199. The lowest BCUT2D eigenvalue weighted by atomic mass is 10.1. The van der Waals surface area contributed by atoms with E-state index in [-0.39, 0.29) is 28.8 Å². The number of benzene rings is 1. The fraction of sp³-hybridized carbons (Fsp3) is 0.438. The van der Waals surface area contributed by atoms with E-state index in [2.05, 4.69) is 0 Å². The van der Waals surface area contributed by atoms with Crippen LogP contribution >= 0.6 is 35.0 Å². The summed E-state index contributed by atoms with van der Waals surface area (Å²) < 4.78 is 0. The minimum absolute atomic E-state index is 0.0234. The Morgan fingerprint density at radius 1 is 1.25 bits per heavy atom. The number of amides is 3. The van der Waals surface area contributed by atoms with Gasteiger partial charge in [0.05, 0.1) is 21.8 Å². The molecule has 2 aliphatic rings. The van der Waals surface area contributed by atoms with E-state index in [0.717, 1.165) is 17.3 Å². The van der Waals surface area contributed by atoms with E-state index in [1.165, 1.54) is 4.90 Å². The Morgan fingerprint density at radius 2 is 2.04 bits per heavy atom. The van der Waals surface area contributed by atoms with Gasteiger partial charge in [0.15, 0.2) is 0 Å². The third-order valence-corrected chi connectivity index (χ3v) is 5.85. The zero-order chi connectivity index (χ0) is 17.3. The van der Waals surface area contributed by atoms with Gasteiger partial charge in [-0.05, 0) is 30.5 Å². The number of rotatable bonds is 4. The maximum Gasteiger partial charge on any atom is 0.289 e. The van der Waals surface area contributed by atoms with Gasteiger partial charge in [-0.15, -0.1) is 0 Å². The summed E-state index contributed by atoms with van der Waals surface area (Å²) in [7, 11) is 0. The van der Waals surface area contributed by atoms with E-state index in [0.29, 0.717) is 42.4 Å². The molecule has 24 heavy (non-hydrogen) atoms. The molecular formula is C16H16Cl2N2O3S. The Bertz CT molecular complexity index is 682. The highest BCUT2D eigenvalue weighted by Crippen LogP contribution is 2.27. The molecule has 1 unspecified atom stereocenters. The zero-order valence-corrected chi connectivity index (χ0v) is 15.2. The Balaban J connectivity index is 1.54. The smallest absolute Gasteiger partial charge is 0.289 e. The number of likely N-dealkylation sites (tertiary alicyclic amines) is 1. The summed E-state index contributed by atoms with van der Waals surface area (Å²) in [6.45, 7) is 1.00. The van der Waals surface area contributed by atoms with Gasteiger partial charge in [0.2, 0.25) is 11.8 Å². The fourth-order valence-electron chi connectivity index (χ4n) is 3.00. The van der Waals surface area contributed by atoms with Crippen LogP contribution < -0.4 is 0 Å². The maximum absolute atomic E-state index is 12.4. The monoisotopic (exact) mass is 386 g/mol. The van der Waals surface area contributed by atoms with Crippen LogP contribution in [0.2, 0.25) is 10.0 Å². The number of imide groups is 1. The molecule has 1 aromatic rings. The fourth-order valence-corrected chi connectivity index (χ4v) is 4.10. The quantitative estimate of drug-likeness (QED) is 0.796. The molecule has 3 rings (SSSR count). The first-order valence-corrected chi connectivity index (χ1v) is 9.40. The zero-order valence-electron chi connectivity index (χ0n) is 12.8. The SMILES string of the molecule is O=C(CCc1ccc(Cl)c(Cl)c1)N1CCC(N2C(=O)CSC2=O)C1. The number of carbonyl (C=O) groups excluding carboxylic acids is 3. The molecule has 2 saturated heterocycles. The van der Waals surface area contributed by atoms with E-state index in [9.17, 15) is 14.4 Å². The van der Waals surface area contributed by atoms with Gasteiger partial charge in [-0.1, -0.05) is 41.0 Å². The number of nitrogens with zero attached hydrogens (tertiary/aromatic N) is 2. The van der Waals surface area contributed by atoms with Crippen LogP contribution in [-0.4, -0.2) is 51.7 Å². The van der Waals surface area contributed by atoms with Gasteiger partial charge in [0.25, 0.3) is 5.24 Å². The average molecular weight is 387 g/mol.